The number of nitrogens with one attached hydrogen (secondary N) is 1. The van der Waals surface area contributed by atoms with E-state index in [0.717, 1.165) is 19.5 Å². The second-order valence-corrected chi connectivity index (χ2v) is 5.56. The van der Waals surface area contributed by atoms with Gasteiger partial charge >= 0.3 is 0 Å². The number of aryl methyl sites for hydroxylation is 1. The third kappa shape index (κ3) is 3.97. The Kier molecular flexibility index (Phi) is 4.54. The molecule has 1 rings (SSSR count). The van der Waals surface area contributed by atoms with Crippen LogP contribution >= 0.6 is 0 Å². The van der Waals surface area contributed by atoms with Crippen molar-refractivity contribution in [2.24, 2.45) is 18.4 Å². The average molecular weight is 223 g/mol. The highest BCUT2D eigenvalue weighted by molar-refractivity contribution is 5.01. The minimum Gasteiger partial charge on any atom is -0.317 e. The van der Waals surface area contributed by atoms with Gasteiger partial charge in [0.2, 0.25) is 0 Å². The highest BCUT2D eigenvalue weighted by Gasteiger charge is 2.24. The zero-order chi connectivity index (χ0) is 12.2. The van der Waals surface area contributed by atoms with Crippen LogP contribution in [-0.4, -0.2) is 22.9 Å². The van der Waals surface area contributed by atoms with Crippen molar-refractivity contribution in [3.8, 4) is 0 Å². The summed E-state index contributed by atoms with van der Waals surface area (Å²) >= 11 is 0. The molecule has 0 aromatic carbocycles. The van der Waals surface area contributed by atoms with Crippen LogP contribution < -0.4 is 5.32 Å². The Morgan fingerprint density at radius 3 is 2.56 bits per heavy atom. The van der Waals surface area contributed by atoms with Crippen molar-refractivity contribution in [2.75, 3.05) is 13.1 Å². The van der Waals surface area contributed by atoms with Gasteiger partial charge in [0.25, 0.3) is 0 Å². The van der Waals surface area contributed by atoms with E-state index >= 15 is 0 Å². The fourth-order valence-electron chi connectivity index (χ4n) is 1.83. The molecule has 0 spiro atoms. The SMILES string of the molecule is CCNCC(Cc1ccn(C)n1)C(C)(C)C. The Hall–Kier alpha value is -0.830. The second kappa shape index (κ2) is 5.48. The number of hydrogen-bond acceptors (Lipinski definition) is 2. The lowest BCUT2D eigenvalue weighted by Crippen LogP contribution is -2.33. The number of aromatic nitrogens is 2. The summed E-state index contributed by atoms with van der Waals surface area (Å²) in [5.41, 5.74) is 1.51. The molecule has 0 aliphatic carbocycles. The summed E-state index contributed by atoms with van der Waals surface area (Å²) in [7, 11) is 1.97. The lowest BCUT2D eigenvalue weighted by molar-refractivity contribution is 0.230. The number of nitrogens with zero attached hydrogens (tertiary/aromatic N) is 2. The van der Waals surface area contributed by atoms with E-state index in [4.69, 9.17) is 0 Å². The van der Waals surface area contributed by atoms with Crippen LogP contribution in [0.15, 0.2) is 12.3 Å². The summed E-state index contributed by atoms with van der Waals surface area (Å²) < 4.78 is 1.88. The molecule has 0 saturated heterocycles. The van der Waals surface area contributed by atoms with Crippen LogP contribution in [0, 0.1) is 11.3 Å². The zero-order valence-corrected chi connectivity index (χ0v) is 11.2. The maximum atomic E-state index is 4.46. The maximum absolute atomic E-state index is 4.46. The van der Waals surface area contributed by atoms with E-state index in [1.165, 1.54) is 5.69 Å². The summed E-state index contributed by atoms with van der Waals surface area (Å²) in [5, 5.41) is 7.91. The average Bonchev–Trinajstić information content (AvgIpc) is 2.57. The lowest BCUT2D eigenvalue weighted by atomic mass is 9.78. The second-order valence-electron chi connectivity index (χ2n) is 5.56. The third-order valence-electron chi connectivity index (χ3n) is 3.09. The Labute approximate surface area is 99.2 Å². The molecule has 16 heavy (non-hydrogen) atoms. The monoisotopic (exact) mass is 223 g/mol. The molecule has 0 fully saturated rings. The molecule has 1 unspecified atom stereocenters. The molecule has 1 aromatic rings. The highest BCUT2D eigenvalue weighted by Crippen LogP contribution is 2.28. The zero-order valence-electron chi connectivity index (χ0n) is 11.2. The van der Waals surface area contributed by atoms with Gasteiger partial charge in [-0.1, -0.05) is 27.7 Å². The van der Waals surface area contributed by atoms with Crippen LogP contribution in [0.2, 0.25) is 0 Å². The molecule has 0 amide bonds. The van der Waals surface area contributed by atoms with Gasteiger partial charge in [0.1, 0.15) is 0 Å². The first-order valence-corrected chi connectivity index (χ1v) is 6.12. The van der Waals surface area contributed by atoms with Crippen molar-refractivity contribution < 1.29 is 0 Å². The smallest absolute Gasteiger partial charge is 0.0627 e. The minimum absolute atomic E-state index is 0.319. The van der Waals surface area contributed by atoms with Crippen LogP contribution in [0.4, 0.5) is 0 Å². The first-order valence-electron chi connectivity index (χ1n) is 6.12. The molecule has 0 aliphatic rings. The first kappa shape index (κ1) is 13.2. The Morgan fingerprint density at radius 1 is 1.44 bits per heavy atom. The number of hydrogen-bond donors (Lipinski definition) is 1. The Morgan fingerprint density at radius 2 is 2.12 bits per heavy atom. The van der Waals surface area contributed by atoms with Crippen LogP contribution in [0.3, 0.4) is 0 Å². The van der Waals surface area contributed by atoms with E-state index in [-0.39, 0.29) is 0 Å². The molecule has 0 aliphatic heterocycles. The fourth-order valence-corrected chi connectivity index (χ4v) is 1.83. The van der Waals surface area contributed by atoms with E-state index in [1.807, 2.05) is 17.9 Å². The summed E-state index contributed by atoms with van der Waals surface area (Å²) in [6.07, 6.45) is 3.07. The molecule has 0 radical (unpaired) electrons. The van der Waals surface area contributed by atoms with Crippen LogP contribution in [0.1, 0.15) is 33.4 Å². The van der Waals surface area contributed by atoms with Gasteiger partial charge in [-0.2, -0.15) is 5.10 Å². The lowest BCUT2D eigenvalue weighted by Gasteiger charge is -2.30. The molecule has 0 saturated carbocycles. The molecule has 3 nitrogen and oxygen atoms in total. The van der Waals surface area contributed by atoms with E-state index in [0.29, 0.717) is 11.3 Å². The van der Waals surface area contributed by atoms with Gasteiger partial charge in [-0.05, 0) is 36.9 Å². The molecule has 1 heterocycles. The van der Waals surface area contributed by atoms with Gasteiger partial charge in [0.15, 0.2) is 0 Å². The molecule has 3 heteroatoms. The number of rotatable bonds is 5. The molecule has 0 bridgehead atoms. The Balaban J connectivity index is 2.63. The maximum Gasteiger partial charge on any atom is 0.0627 e. The Bertz CT molecular complexity index is 309. The van der Waals surface area contributed by atoms with Crippen LogP contribution in [-0.2, 0) is 13.5 Å². The van der Waals surface area contributed by atoms with E-state index in [2.05, 4.69) is 44.2 Å². The van der Waals surface area contributed by atoms with Crippen molar-refractivity contribution in [3.63, 3.8) is 0 Å². The summed E-state index contributed by atoms with van der Waals surface area (Å²) in [6, 6.07) is 2.12. The molecular weight excluding hydrogens is 198 g/mol. The normalized spacial score (nSPS) is 14.1. The van der Waals surface area contributed by atoms with Gasteiger partial charge < -0.3 is 5.32 Å². The quantitative estimate of drug-likeness (QED) is 0.829. The van der Waals surface area contributed by atoms with Crippen molar-refractivity contribution >= 4 is 0 Å². The van der Waals surface area contributed by atoms with Crippen molar-refractivity contribution in [2.45, 2.75) is 34.1 Å². The predicted molar refractivity (Wildman–Crippen MR) is 68.4 cm³/mol. The van der Waals surface area contributed by atoms with Gasteiger partial charge in [-0.15, -0.1) is 0 Å². The highest BCUT2D eigenvalue weighted by atomic mass is 15.2. The van der Waals surface area contributed by atoms with E-state index < -0.39 is 0 Å². The fraction of sp³-hybridized carbons (Fsp3) is 0.769. The molecule has 1 aromatic heterocycles. The van der Waals surface area contributed by atoms with Gasteiger partial charge in [0.05, 0.1) is 5.69 Å². The van der Waals surface area contributed by atoms with Gasteiger partial charge in [0, 0.05) is 13.2 Å². The summed E-state index contributed by atoms with van der Waals surface area (Å²) in [5.74, 6) is 0.627. The van der Waals surface area contributed by atoms with Crippen molar-refractivity contribution in [1.82, 2.24) is 15.1 Å². The van der Waals surface area contributed by atoms with Crippen molar-refractivity contribution in [3.05, 3.63) is 18.0 Å². The largest absolute Gasteiger partial charge is 0.317 e. The first-order chi connectivity index (χ1) is 7.43. The summed E-state index contributed by atoms with van der Waals surface area (Å²) in [4.78, 5) is 0. The van der Waals surface area contributed by atoms with Crippen LogP contribution in [0.5, 0.6) is 0 Å². The van der Waals surface area contributed by atoms with Crippen LogP contribution in [0.25, 0.3) is 0 Å². The molecule has 1 N–H and O–H groups in total. The topological polar surface area (TPSA) is 29.9 Å². The van der Waals surface area contributed by atoms with Gasteiger partial charge in [-0.3, -0.25) is 4.68 Å². The third-order valence-corrected chi connectivity index (χ3v) is 3.09. The van der Waals surface area contributed by atoms with E-state index in [1.54, 1.807) is 0 Å². The van der Waals surface area contributed by atoms with Crippen molar-refractivity contribution in [1.29, 1.82) is 0 Å². The standard InChI is InChI=1S/C13H25N3/c1-6-14-10-11(13(2,3)4)9-12-7-8-16(5)15-12/h7-8,11,14H,6,9-10H2,1-5H3. The predicted octanol–water partition coefficient (Wildman–Crippen LogP) is 2.23. The minimum atomic E-state index is 0.319. The van der Waals surface area contributed by atoms with Gasteiger partial charge in [-0.25, -0.2) is 0 Å². The molecule has 1 atom stereocenters. The summed E-state index contributed by atoms with van der Waals surface area (Å²) in [6.45, 7) is 11.2. The molecular formula is C13H25N3. The van der Waals surface area contributed by atoms with E-state index in [9.17, 15) is 0 Å². The molecule has 92 valence electrons.